The van der Waals surface area contributed by atoms with Gasteiger partial charge in [0.1, 0.15) is 0 Å². The van der Waals surface area contributed by atoms with Crippen molar-refractivity contribution >= 4 is 41.0 Å². The minimum Gasteiger partial charge on any atom is -0.354 e. The number of guanidine groups is 1. The number of aliphatic imine (C=N–C) groups is 1. The molecule has 0 bridgehead atoms. The Morgan fingerprint density at radius 2 is 2.04 bits per heavy atom. The van der Waals surface area contributed by atoms with Crippen molar-refractivity contribution < 1.29 is 0 Å². The van der Waals surface area contributed by atoms with E-state index in [0.717, 1.165) is 36.6 Å². The quantitative estimate of drug-likeness (QED) is 0.368. The van der Waals surface area contributed by atoms with E-state index in [1.807, 2.05) is 31.6 Å². The highest BCUT2D eigenvalue weighted by Gasteiger charge is 2.08. The first-order chi connectivity index (χ1) is 11.7. The highest BCUT2D eigenvalue weighted by molar-refractivity contribution is 14.0. The van der Waals surface area contributed by atoms with Gasteiger partial charge in [-0.1, -0.05) is 12.1 Å². The van der Waals surface area contributed by atoms with Crippen LogP contribution in [0.3, 0.4) is 0 Å². The van der Waals surface area contributed by atoms with Gasteiger partial charge in [0.2, 0.25) is 0 Å². The summed E-state index contributed by atoms with van der Waals surface area (Å²) in [4.78, 5) is 10.9. The van der Waals surface area contributed by atoms with Gasteiger partial charge in [-0.2, -0.15) is 0 Å². The molecule has 7 heteroatoms. The number of benzene rings is 1. The first-order valence-electron chi connectivity index (χ1n) is 8.11. The maximum Gasteiger partial charge on any atom is 0.193 e. The summed E-state index contributed by atoms with van der Waals surface area (Å²) >= 11 is 0. The highest BCUT2D eigenvalue weighted by atomic mass is 127. The smallest absolute Gasteiger partial charge is 0.193 e. The molecule has 1 aromatic carbocycles. The Labute approximate surface area is 165 Å². The van der Waals surface area contributed by atoms with Crippen molar-refractivity contribution in [2.45, 2.75) is 13.1 Å². The molecule has 25 heavy (non-hydrogen) atoms. The summed E-state index contributed by atoms with van der Waals surface area (Å²) < 4.78 is 4.29. The lowest BCUT2D eigenvalue weighted by atomic mass is 10.3. The second kappa shape index (κ2) is 8.89. The van der Waals surface area contributed by atoms with Crippen LogP contribution < -0.4 is 5.32 Å². The molecule has 0 saturated carbocycles. The fraction of sp³-hybridized carbons (Fsp3) is 0.333. The molecular formula is C18H25IN6. The van der Waals surface area contributed by atoms with E-state index in [4.69, 9.17) is 0 Å². The molecule has 0 amide bonds. The van der Waals surface area contributed by atoms with E-state index in [1.165, 1.54) is 5.69 Å². The van der Waals surface area contributed by atoms with Crippen LogP contribution in [0.1, 0.15) is 5.69 Å². The lowest BCUT2D eigenvalue weighted by Crippen LogP contribution is -2.40. The number of nitrogens with zero attached hydrogens (tertiary/aromatic N) is 5. The Morgan fingerprint density at radius 3 is 2.76 bits per heavy atom. The Hall–Kier alpha value is -2.03. The summed E-state index contributed by atoms with van der Waals surface area (Å²) in [6, 6.07) is 12.4. The second-order valence-electron chi connectivity index (χ2n) is 5.87. The number of aryl methyl sites for hydroxylation is 1. The summed E-state index contributed by atoms with van der Waals surface area (Å²) in [6.07, 6.45) is 3.95. The topological polar surface area (TPSA) is 50.4 Å². The largest absolute Gasteiger partial charge is 0.354 e. The lowest BCUT2D eigenvalue weighted by molar-refractivity contribution is 0.459. The van der Waals surface area contributed by atoms with Crippen LogP contribution in [0.15, 0.2) is 53.9 Å². The van der Waals surface area contributed by atoms with Crippen molar-refractivity contribution in [1.29, 1.82) is 0 Å². The summed E-state index contributed by atoms with van der Waals surface area (Å²) in [6.45, 7) is 2.46. The molecule has 0 aliphatic carbocycles. The third-order valence-corrected chi connectivity index (χ3v) is 4.19. The molecule has 3 rings (SSSR count). The molecule has 0 unspecified atom stereocenters. The van der Waals surface area contributed by atoms with Crippen molar-refractivity contribution in [3.05, 3.63) is 54.6 Å². The Balaban J connectivity index is 0.00000225. The minimum atomic E-state index is 0. The molecule has 0 saturated heterocycles. The summed E-state index contributed by atoms with van der Waals surface area (Å²) in [5.74, 6) is 0.889. The Kier molecular flexibility index (Phi) is 6.86. The summed E-state index contributed by atoms with van der Waals surface area (Å²) in [5, 5.41) is 3.42. The number of halogens is 1. The van der Waals surface area contributed by atoms with Crippen molar-refractivity contribution in [2.24, 2.45) is 12.0 Å². The molecule has 0 radical (unpaired) electrons. The zero-order chi connectivity index (χ0) is 16.9. The van der Waals surface area contributed by atoms with Gasteiger partial charge in [0, 0.05) is 46.1 Å². The predicted molar refractivity (Wildman–Crippen MR) is 113 cm³/mol. The van der Waals surface area contributed by atoms with Crippen molar-refractivity contribution in [3.63, 3.8) is 0 Å². The average molecular weight is 452 g/mol. The minimum absolute atomic E-state index is 0. The fourth-order valence-electron chi connectivity index (χ4n) is 2.84. The van der Waals surface area contributed by atoms with E-state index in [1.54, 1.807) is 0 Å². The third kappa shape index (κ3) is 4.53. The van der Waals surface area contributed by atoms with Crippen LogP contribution in [-0.2, 0) is 20.1 Å². The molecule has 0 fully saturated rings. The molecule has 0 spiro atoms. The summed E-state index contributed by atoms with van der Waals surface area (Å²) in [7, 11) is 5.93. The number of hydrogen-bond acceptors (Lipinski definition) is 2. The molecule has 0 aliphatic heterocycles. The van der Waals surface area contributed by atoms with Crippen LogP contribution in [-0.4, -0.2) is 45.6 Å². The van der Waals surface area contributed by atoms with E-state index < -0.39 is 0 Å². The first kappa shape index (κ1) is 19.3. The van der Waals surface area contributed by atoms with Gasteiger partial charge in [0.15, 0.2) is 5.96 Å². The normalized spacial score (nSPS) is 11.4. The molecule has 1 N–H and O–H groups in total. The van der Waals surface area contributed by atoms with Crippen molar-refractivity contribution in [1.82, 2.24) is 24.3 Å². The number of imidazole rings is 1. The number of nitrogens with one attached hydrogen (secondary N) is 1. The van der Waals surface area contributed by atoms with Crippen LogP contribution >= 0.6 is 24.0 Å². The Bertz CT molecular complexity index is 835. The van der Waals surface area contributed by atoms with Gasteiger partial charge in [-0.3, -0.25) is 4.99 Å². The second-order valence-corrected chi connectivity index (χ2v) is 5.87. The van der Waals surface area contributed by atoms with Gasteiger partial charge in [-0.25, -0.2) is 4.98 Å². The maximum absolute atomic E-state index is 4.42. The molecule has 6 nitrogen and oxygen atoms in total. The van der Waals surface area contributed by atoms with E-state index in [9.17, 15) is 0 Å². The third-order valence-electron chi connectivity index (χ3n) is 4.19. The summed E-state index contributed by atoms with van der Waals surface area (Å²) in [5.41, 5.74) is 3.44. The van der Waals surface area contributed by atoms with Crippen molar-refractivity contribution in [2.75, 3.05) is 20.6 Å². The van der Waals surface area contributed by atoms with E-state index in [-0.39, 0.29) is 24.0 Å². The van der Waals surface area contributed by atoms with Gasteiger partial charge in [-0.05, 0) is 24.3 Å². The Morgan fingerprint density at radius 1 is 1.24 bits per heavy atom. The molecule has 3 aromatic rings. The zero-order valence-electron chi connectivity index (χ0n) is 14.9. The monoisotopic (exact) mass is 452 g/mol. The number of para-hydroxylation sites is 2. The van der Waals surface area contributed by atoms with E-state index >= 15 is 0 Å². The van der Waals surface area contributed by atoms with Crippen LogP contribution in [0.25, 0.3) is 11.0 Å². The number of rotatable bonds is 5. The molecule has 134 valence electrons. The molecular weight excluding hydrogens is 427 g/mol. The van der Waals surface area contributed by atoms with Crippen LogP contribution in [0.4, 0.5) is 0 Å². The number of aromatic nitrogens is 3. The van der Waals surface area contributed by atoms with Crippen LogP contribution in [0, 0.1) is 0 Å². The van der Waals surface area contributed by atoms with Gasteiger partial charge < -0.3 is 19.4 Å². The van der Waals surface area contributed by atoms with Gasteiger partial charge >= 0.3 is 0 Å². The van der Waals surface area contributed by atoms with Gasteiger partial charge in [0.05, 0.1) is 23.9 Å². The SMILES string of the molecule is CN=C(NCCn1cnc2ccccc21)N(C)Cc1cccn1C.I. The average Bonchev–Trinajstić information content (AvgIpc) is 3.18. The van der Waals surface area contributed by atoms with E-state index in [2.05, 4.69) is 67.8 Å². The van der Waals surface area contributed by atoms with Crippen LogP contribution in [0.5, 0.6) is 0 Å². The van der Waals surface area contributed by atoms with Crippen molar-refractivity contribution in [3.8, 4) is 0 Å². The standard InChI is InChI=1S/C18H24N6.HI/c1-19-18(23(3)13-15-7-6-11-22(15)2)20-10-12-24-14-21-16-8-4-5-9-17(16)24;/h4-9,11,14H,10,12-13H2,1-3H3,(H,19,20);1H. The van der Waals surface area contributed by atoms with Crippen LogP contribution in [0.2, 0.25) is 0 Å². The first-order valence-corrected chi connectivity index (χ1v) is 8.11. The number of fused-ring (bicyclic) bond motifs is 1. The molecule has 0 atom stereocenters. The highest BCUT2D eigenvalue weighted by Crippen LogP contribution is 2.11. The zero-order valence-corrected chi connectivity index (χ0v) is 17.2. The number of hydrogen-bond donors (Lipinski definition) is 1. The fourth-order valence-corrected chi connectivity index (χ4v) is 2.84. The molecule has 2 heterocycles. The van der Waals surface area contributed by atoms with Gasteiger partial charge in [-0.15, -0.1) is 24.0 Å². The van der Waals surface area contributed by atoms with E-state index in [0.29, 0.717) is 0 Å². The predicted octanol–water partition coefficient (Wildman–Crippen LogP) is 2.70. The molecule has 2 aromatic heterocycles. The van der Waals surface area contributed by atoms with Gasteiger partial charge in [0.25, 0.3) is 0 Å². The maximum atomic E-state index is 4.42. The lowest BCUT2D eigenvalue weighted by Gasteiger charge is -2.22. The molecule has 0 aliphatic rings.